The zero-order chi connectivity index (χ0) is 16.8. The largest absolute Gasteiger partial charge is 0.496 e. The van der Waals surface area contributed by atoms with Crippen molar-refractivity contribution in [2.45, 2.75) is 12.8 Å². The summed E-state index contributed by atoms with van der Waals surface area (Å²) in [6, 6.07) is 3.84. The molecule has 1 fully saturated rings. The lowest BCUT2D eigenvalue weighted by Crippen LogP contribution is -2.46. The number of carbonyl (C=O) groups excluding carboxylic acids is 2. The molecule has 1 atom stereocenters. The van der Waals surface area contributed by atoms with Crippen molar-refractivity contribution in [2.75, 3.05) is 33.3 Å². The van der Waals surface area contributed by atoms with Crippen molar-refractivity contribution in [3.05, 3.63) is 29.6 Å². The number of nitrogens with one attached hydrogen (secondary N) is 1. The first kappa shape index (κ1) is 20.2. The number of halogens is 2. The summed E-state index contributed by atoms with van der Waals surface area (Å²) in [4.78, 5) is 26.3. The van der Waals surface area contributed by atoms with Gasteiger partial charge in [-0.1, -0.05) is 0 Å². The summed E-state index contributed by atoms with van der Waals surface area (Å²) in [5.41, 5.74) is 5.55. The molecule has 0 aliphatic carbocycles. The van der Waals surface area contributed by atoms with Gasteiger partial charge in [-0.25, -0.2) is 4.39 Å². The topological polar surface area (TPSA) is 84.7 Å². The maximum Gasteiger partial charge on any atom is 0.257 e. The quantitative estimate of drug-likeness (QED) is 0.826. The predicted octanol–water partition coefficient (Wildman–Crippen LogP) is 1.18. The molecule has 1 aliphatic rings. The molecule has 8 heteroatoms. The van der Waals surface area contributed by atoms with Gasteiger partial charge in [0, 0.05) is 26.2 Å². The summed E-state index contributed by atoms with van der Waals surface area (Å²) in [6.07, 6.45) is 1.45. The molecule has 1 aliphatic heterocycles. The van der Waals surface area contributed by atoms with Crippen LogP contribution in [0.5, 0.6) is 5.75 Å². The number of rotatable bonds is 5. The van der Waals surface area contributed by atoms with E-state index in [0.29, 0.717) is 31.9 Å². The molecule has 2 rings (SSSR count). The van der Waals surface area contributed by atoms with Crippen molar-refractivity contribution in [1.82, 2.24) is 10.2 Å². The van der Waals surface area contributed by atoms with E-state index in [0.717, 1.165) is 12.8 Å². The fourth-order valence-electron chi connectivity index (χ4n) is 2.73. The number of nitrogens with two attached hydrogens (primary N) is 1. The van der Waals surface area contributed by atoms with Crippen molar-refractivity contribution >= 4 is 24.2 Å². The summed E-state index contributed by atoms with van der Waals surface area (Å²) >= 11 is 0. The van der Waals surface area contributed by atoms with Crippen LogP contribution in [0, 0.1) is 11.7 Å². The molecule has 1 heterocycles. The van der Waals surface area contributed by atoms with Gasteiger partial charge in [0.1, 0.15) is 11.6 Å². The third-order valence-corrected chi connectivity index (χ3v) is 3.91. The highest BCUT2D eigenvalue weighted by molar-refractivity contribution is 5.97. The van der Waals surface area contributed by atoms with Gasteiger partial charge in [0.15, 0.2) is 0 Å². The molecule has 1 unspecified atom stereocenters. The van der Waals surface area contributed by atoms with E-state index in [1.165, 1.54) is 25.3 Å². The van der Waals surface area contributed by atoms with Crippen LogP contribution in [0.25, 0.3) is 0 Å². The van der Waals surface area contributed by atoms with Crippen LogP contribution < -0.4 is 15.8 Å². The van der Waals surface area contributed by atoms with E-state index in [2.05, 4.69) is 5.32 Å². The van der Waals surface area contributed by atoms with Gasteiger partial charge in [-0.3, -0.25) is 9.59 Å². The Balaban J connectivity index is 0.00000288. The highest BCUT2D eigenvalue weighted by Crippen LogP contribution is 2.24. The maximum absolute atomic E-state index is 13.5. The molecule has 24 heavy (non-hydrogen) atoms. The summed E-state index contributed by atoms with van der Waals surface area (Å²) in [5, 5.41) is 2.75. The maximum atomic E-state index is 13.5. The Morgan fingerprint density at radius 1 is 1.46 bits per heavy atom. The van der Waals surface area contributed by atoms with Gasteiger partial charge < -0.3 is 20.7 Å². The molecule has 0 bridgehead atoms. The molecule has 0 aromatic heterocycles. The first-order valence-electron chi connectivity index (χ1n) is 7.67. The number of methoxy groups -OCH3 is 1. The van der Waals surface area contributed by atoms with Crippen molar-refractivity contribution in [2.24, 2.45) is 11.7 Å². The van der Waals surface area contributed by atoms with Crippen LogP contribution in [0.1, 0.15) is 23.2 Å². The number of nitrogens with zero attached hydrogens (tertiary/aromatic N) is 1. The average molecular weight is 360 g/mol. The molecule has 2 amide bonds. The second-order valence-electron chi connectivity index (χ2n) is 5.51. The zero-order valence-corrected chi connectivity index (χ0v) is 14.4. The fourth-order valence-corrected chi connectivity index (χ4v) is 2.73. The summed E-state index contributed by atoms with van der Waals surface area (Å²) in [7, 11) is 1.43. The van der Waals surface area contributed by atoms with E-state index in [-0.39, 0.29) is 35.7 Å². The van der Waals surface area contributed by atoms with Gasteiger partial charge in [0.05, 0.1) is 18.6 Å². The first-order chi connectivity index (χ1) is 11.1. The highest BCUT2D eigenvalue weighted by Gasteiger charge is 2.30. The number of ether oxygens (including phenoxy) is 1. The molecular weight excluding hydrogens is 337 g/mol. The Bertz CT molecular complexity index is 586. The molecule has 0 radical (unpaired) electrons. The monoisotopic (exact) mass is 359 g/mol. The van der Waals surface area contributed by atoms with E-state index < -0.39 is 5.82 Å². The Morgan fingerprint density at radius 2 is 2.21 bits per heavy atom. The molecule has 1 aromatic carbocycles. The lowest BCUT2D eigenvalue weighted by molar-refractivity contribution is -0.126. The Morgan fingerprint density at radius 3 is 2.88 bits per heavy atom. The van der Waals surface area contributed by atoms with Gasteiger partial charge in [-0.05, 0) is 31.0 Å². The Labute approximate surface area is 146 Å². The third-order valence-electron chi connectivity index (χ3n) is 3.91. The van der Waals surface area contributed by atoms with Crippen LogP contribution in [0.2, 0.25) is 0 Å². The lowest BCUT2D eigenvalue weighted by Gasteiger charge is -2.32. The number of carbonyl (C=O) groups is 2. The van der Waals surface area contributed by atoms with E-state index in [1.807, 2.05) is 0 Å². The number of hydrogen-bond acceptors (Lipinski definition) is 4. The fraction of sp³-hybridized carbons (Fsp3) is 0.500. The van der Waals surface area contributed by atoms with Crippen LogP contribution in [-0.4, -0.2) is 50.0 Å². The SMILES string of the molecule is COc1ccc(F)cc1C(=O)N1CCCC(C(=O)NCCN)C1.Cl. The average Bonchev–Trinajstić information content (AvgIpc) is 2.59. The van der Waals surface area contributed by atoms with E-state index >= 15 is 0 Å². The van der Waals surface area contributed by atoms with Gasteiger partial charge in [0.2, 0.25) is 5.91 Å². The number of piperidine rings is 1. The Kier molecular flexibility index (Phi) is 7.94. The molecular formula is C16H23ClFN3O3. The standard InChI is InChI=1S/C16H22FN3O3.ClH/c1-23-14-5-4-12(17)9-13(14)16(22)20-8-2-3-11(10-20)15(21)19-7-6-18;/h4-5,9,11H,2-3,6-8,10,18H2,1H3,(H,19,21);1H. The minimum Gasteiger partial charge on any atom is -0.496 e. The van der Waals surface area contributed by atoms with Gasteiger partial charge in [-0.15, -0.1) is 12.4 Å². The van der Waals surface area contributed by atoms with Gasteiger partial charge >= 0.3 is 0 Å². The molecule has 6 nitrogen and oxygen atoms in total. The normalized spacial score (nSPS) is 17.0. The van der Waals surface area contributed by atoms with Gasteiger partial charge in [-0.2, -0.15) is 0 Å². The summed E-state index contributed by atoms with van der Waals surface area (Å²) in [6.45, 7) is 1.65. The molecule has 1 aromatic rings. The predicted molar refractivity (Wildman–Crippen MR) is 90.9 cm³/mol. The lowest BCUT2D eigenvalue weighted by atomic mass is 9.96. The Hall–Kier alpha value is -1.86. The molecule has 0 spiro atoms. The van der Waals surface area contributed by atoms with Crippen molar-refractivity contribution in [3.63, 3.8) is 0 Å². The van der Waals surface area contributed by atoms with Crippen LogP contribution in [-0.2, 0) is 4.79 Å². The number of amides is 2. The molecule has 3 N–H and O–H groups in total. The minimum atomic E-state index is -0.497. The van der Waals surface area contributed by atoms with Crippen LogP contribution in [0.4, 0.5) is 4.39 Å². The number of benzene rings is 1. The van der Waals surface area contributed by atoms with Crippen molar-refractivity contribution < 1.29 is 18.7 Å². The van der Waals surface area contributed by atoms with Gasteiger partial charge in [0.25, 0.3) is 5.91 Å². The van der Waals surface area contributed by atoms with E-state index in [1.54, 1.807) is 4.90 Å². The summed E-state index contributed by atoms with van der Waals surface area (Å²) < 4.78 is 18.6. The molecule has 0 saturated carbocycles. The van der Waals surface area contributed by atoms with Crippen molar-refractivity contribution in [3.8, 4) is 5.75 Å². The summed E-state index contributed by atoms with van der Waals surface area (Å²) in [5.74, 6) is -0.856. The van der Waals surface area contributed by atoms with Crippen molar-refractivity contribution in [1.29, 1.82) is 0 Å². The zero-order valence-electron chi connectivity index (χ0n) is 13.6. The number of hydrogen-bond donors (Lipinski definition) is 2. The van der Waals surface area contributed by atoms with Crippen LogP contribution in [0.3, 0.4) is 0 Å². The second-order valence-corrected chi connectivity index (χ2v) is 5.51. The van der Waals surface area contributed by atoms with Crippen LogP contribution >= 0.6 is 12.4 Å². The smallest absolute Gasteiger partial charge is 0.257 e. The second kappa shape index (κ2) is 9.44. The van der Waals surface area contributed by atoms with Crippen LogP contribution in [0.15, 0.2) is 18.2 Å². The van der Waals surface area contributed by atoms with E-state index in [4.69, 9.17) is 10.5 Å². The van der Waals surface area contributed by atoms with E-state index in [9.17, 15) is 14.0 Å². The highest BCUT2D eigenvalue weighted by atomic mass is 35.5. The first-order valence-corrected chi connectivity index (χ1v) is 7.67. The molecule has 134 valence electrons. The number of likely N-dealkylation sites (tertiary alicyclic amines) is 1. The third kappa shape index (κ3) is 4.82. The minimum absolute atomic E-state index is 0. The molecule has 1 saturated heterocycles.